The first-order chi connectivity index (χ1) is 10.7. The number of benzene rings is 1. The number of hydrazine groups is 1. The van der Waals surface area contributed by atoms with Gasteiger partial charge < -0.3 is 4.74 Å². The summed E-state index contributed by atoms with van der Waals surface area (Å²) in [7, 11) is 0. The molecule has 0 atom stereocenters. The minimum absolute atomic E-state index is 0.331. The fraction of sp³-hybridized carbons (Fsp3) is 0.250. The van der Waals surface area contributed by atoms with E-state index < -0.39 is 0 Å². The van der Waals surface area contributed by atoms with Crippen LogP contribution in [0, 0.1) is 0 Å². The molecule has 1 aromatic heterocycles. The fourth-order valence-electron chi connectivity index (χ4n) is 1.69. The van der Waals surface area contributed by atoms with Crippen molar-refractivity contribution in [1.29, 1.82) is 0 Å². The third-order valence-electron chi connectivity index (χ3n) is 2.92. The summed E-state index contributed by atoms with van der Waals surface area (Å²) in [6, 6.07) is 10.3. The maximum atomic E-state index is 11.9. The molecular weight excluding hydrogens is 300 g/mol. The van der Waals surface area contributed by atoms with E-state index in [1.165, 1.54) is 11.3 Å². The van der Waals surface area contributed by atoms with Crippen LogP contribution in [0.15, 0.2) is 41.8 Å². The number of nitrogens with one attached hydrogen (secondary N) is 2. The molecule has 0 bridgehead atoms. The Hall–Kier alpha value is -2.34. The first-order valence-electron chi connectivity index (χ1n) is 7.07. The molecule has 2 aromatic rings. The van der Waals surface area contributed by atoms with Crippen molar-refractivity contribution in [1.82, 2.24) is 10.9 Å². The molecule has 0 aliphatic carbocycles. The number of hydrogen-bond donors (Lipinski definition) is 2. The predicted octanol–water partition coefficient (Wildman–Crippen LogP) is 3.00. The molecule has 1 aromatic carbocycles. The zero-order valence-electron chi connectivity index (χ0n) is 12.3. The molecule has 5 nitrogen and oxygen atoms in total. The second-order valence-corrected chi connectivity index (χ2v) is 5.56. The Kier molecular flexibility index (Phi) is 5.97. The first kappa shape index (κ1) is 16.0. The van der Waals surface area contributed by atoms with Gasteiger partial charge in [-0.15, -0.1) is 11.3 Å². The van der Waals surface area contributed by atoms with Crippen LogP contribution >= 0.6 is 11.3 Å². The highest BCUT2D eigenvalue weighted by Gasteiger charge is 2.09. The van der Waals surface area contributed by atoms with Gasteiger partial charge in [-0.3, -0.25) is 20.4 Å². The largest absolute Gasteiger partial charge is 0.494 e. The lowest BCUT2D eigenvalue weighted by Crippen LogP contribution is -2.41. The highest BCUT2D eigenvalue weighted by molar-refractivity contribution is 7.12. The van der Waals surface area contributed by atoms with Crippen LogP contribution in [0.2, 0.25) is 0 Å². The van der Waals surface area contributed by atoms with Gasteiger partial charge in [0.1, 0.15) is 5.75 Å². The first-order valence-corrected chi connectivity index (χ1v) is 7.95. The quantitative estimate of drug-likeness (QED) is 0.635. The third-order valence-corrected chi connectivity index (χ3v) is 3.79. The van der Waals surface area contributed by atoms with Gasteiger partial charge in [0.25, 0.3) is 11.8 Å². The minimum Gasteiger partial charge on any atom is -0.494 e. The highest BCUT2D eigenvalue weighted by Crippen LogP contribution is 2.12. The lowest BCUT2D eigenvalue weighted by Gasteiger charge is -2.08. The van der Waals surface area contributed by atoms with Crippen molar-refractivity contribution in [2.24, 2.45) is 0 Å². The number of ether oxygens (including phenoxy) is 1. The van der Waals surface area contributed by atoms with Gasteiger partial charge in [0.15, 0.2) is 0 Å². The van der Waals surface area contributed by atoms with Crippen molar-refractivity contribution >= 4 is 23.2 Å². The summed E-state index contributed by atoms with van der Waals surface area (Å²) < 4.78 is 5.53. The fourth-order valence-corrected chi connectivity index (χ4v) is 2.31. The number of carbonyl (C=O) groups excluding carboxylic acids is 2. The van der Waals surface area contributed by atoms with Crippen LogP contribution < -0.4 is 15.6 Å². The summed E-state index contributed by atoms with van der Waals surface area (Å²) in [4.78, 5) is 24.2. The van der Waals surface area contributed by atoms with Crippen LogP contribution in [-0.2, 0) is 0 Å². The van der Waals surface area contributed by atoms with Crippen LogP contribution in [0.4, 0.5) is 0 Å². The maximum Gasteiger partial charge on any atom is 0.279 e. The number of unbranched alkanes of at least 4 members (excludes halogenated alkanes) is 1. The Morgan fingerprint density at radius 3 is 2.45 bits per heavy atom. The summed E-state index contributed by atoms with van der Waals surface area (Å²) in [5, 5.41) is 1.80. The lowest BCUT2D eigenvalue weighted by atomic mass is 10.2. The van der Waals surface area contributed by atoms with Gasteiger partial charge in [-0.1, -0.05) is 19.4 Å². The van der Waals surface area contributed by atoms with Gasteiger partial charge in [0, 0.05) is 5.56 Å². The van der Waals surface area contributed by atoms with Crippen molar-refractivity contribution in [3.05, 3.63) is 52.2 Å². The number of thiophene rings is 1. The van der Waals surface area contributed by atoms with Gasteiger partial charge in [0.05, 0.1) is 11.5 Å². The summed E-state index contributed by atoms with van der Waals surface area (Å²) in [6.45, 7) is 2.76. The zero-order chi connectivity index (χ0) is 15.8. The van der Waals surface area contributed by atoms with Gasteiger partial charge in [0.2, 0.25) is 0 Å². The average molecular weight is 318 g/mol. The molecule has 2 rings (SSSR count). The van der Waals surface area contributed by atoms with Gasteiger partial charge in [-0.2, -0.15) is 0 Å². The van der Waals surface area contributed by atoms with Crippen LogP contribution in [-0.4, -0.2) is 18.4 Å². The molecule has 6 heteroatoms. The second-order valence-electron chi connectivity index (χ2n) is 4.61. The predicted molar refractivity (Wildman–Crippen MR) is 86.1 cm³/mol. The van der Waals surface area contributed by atoms with Crippen molar-refractivity contribution in [2.75, 3.05) is 6.61 Å². The number of rotatable bonds is 6. The van der Waals surface area contributed by atoms with Crippen LogP contribution in [0.1, 0.15) is 39.8 Å². The molecule has 0 unspecified atom stereocenters. The average Bonchev–Trinajstić information content (AvgIpc) is 3.08. The van der Waals surface area contributed by atoms with Crippen LogP contribution in [0.25, 0.3) is 0 Å². The Morgan fingerprint density at radius 2 is 1.82 bits per heavy atom. The van der Waals surface area contributed by atoms with Crippen molar-refractivity contribution < 1.29 is 14.3 Å². The number of amides is 2. The zero-order valence-corrected chi connectivity index (χ0v) is 13.1. The third kappa shape index (κ3) is 4.60. The Labute approximate surface area is 133 Å². The molecule has 1 heterocycles. The van der Waals surface area contributed by atoms with E-state index in [4.69, 9.17) is 4.74 Å². The normalized spacial score (nSPS) is 10.0. The van der Waals surface area contributed by atoms with E-state index in [2.05, 4.69) is 17.8 Å². The Morgan fingerprint density at radius 1 is 1.09 bits per heavy atom. The highest BCUT2D eigenvalue weighted by atomic mass is 32.1. The van der Waals surface area contributed by atoms with E-state index in [1.807, 2.05) is 0 Å². The molecule has 0 radical (unpaired) electrons. The SMILES string of the molecule is CCCCOc1ccc(C(=O)NNC(=O)c2cccs2)cc1. The molecule has 0 spiro atoms. The molecule has 0 aliphatic rings. The van der Waals surface area contributed by atoms with Gasteiger partial charge >= 0.3 is 0 Å². The second kappa shape index (κ2) is 8.19. The van der Waals surface area contributed by atoms with E-state index in [-0.39, 0.29) is 11.8 Å². The summed E-state index contributed by atoms with van der Waals surface area (Å²) >= 11 is 1.31. The molecule has 2 amide bonds. The topological polar surface area (TPSA) is 67.4 Å². The monoisotopic (exact) mass is 318 g/mol. The van der Waals surface area contributed by atoms with Crippen molar-refractivity contribution in [3.63, 3.8) is 0 Å². The smallest absolute Gasteiger partial charge is 0.279 e. The molecular formula is C16H18N2O3S. The van der Waals surface area contributed by atoms with E-state index in [9.17, 15) is 9.59 Å². The molecule has 116 valence electrons. The standard InChI is InChI=1S/C16H18N2O3S/c1-2-3-10-21-13-8-6-12(7-9-13)15(19)17-18-16(20)14-5-4-11-22-14/h4-9,11H,2-3,10H2,1H3,(H,17,19)(H,18,20). The minimum atomic E-state index is -0.370. The number of hydrogen-bond acceptors (Lipinski definition) is 4. The summed E-state index contributed by atoms with van der Waals surface area (Å²) in [6.07, 6.45) is 2.07. The van der Waals surface area contributed by atoms with E-state index >= 15 is 0 Å². The number of carbonyl (C=O) groups is 2. The van der Waals surface area contributed by atoms with E-state index in [0.29, 0.717) is 17.0 Å². The van der Waals surface area contributed by atoms with Crippen molar-refractivity contribution in [3.8, 4) is 5.75 Å². The maximum absolute atomic E-state index is 11.9. The lowest BCUT2D eigenvalue weighted by molar-refractivity contribution is 0.0849. The summed E-state index contributed by atoms with van der Waals surface area (Å²) in [5.74, 6) is 0.0282. The Balaban J connectivity index is 1.83. The van der Waals surface area contributed by atoms with E-state index in [1.54, 1.807) is 41.8 Å². The van der Waals surface area contributed by atoms with E-state index in [0.717, 1.165) is 18.6 Å². The molecule has 0 fully saturated rings. The van der Waals surface area contributed by atoms with Crippen LogP contribution in [0.5, 0.6) is 5.75 Å². The molecule has 0 saturated heterocycles. The van der Waals surface area contributed by atoms with Gasteiger partial charge in [-0.05, 0) is 42.1 Å². The molecule has 0 aliphatic heterocycles. The Bertz CT molecular complexity index is 609. The van der Waals surface area contributed by atoms with Crippen molar-refractivity contribution in [2.45, 2.75) is 19.8 Å². The van der Waals surface area contributed by atoms with Crippen LogP contribution in [0.3, 0.4) is 0 Å². The molecule has 0 saturated carbocycles. The van der Waals surface area contributed by atoms with Gasteiger partial charge in [-0.25, -0.2) is 0 Å². The summed E-state index contributed by atoms with van der Waals surface area (Å²) in [5.41, 5.74) is 5.22. The molecule has 22 heavy (non-hydrogen) atoms. The molecule has 2 N–H and O–H groups in total.